The van der Waals surface area contributed by atoms with Gasteiger partial charge in [0.05, 0.1) is 11.9 Å². The minimum atomic E-state index is 0.0400. The molecule has 0 fully saturated rings. The van der Waals surface area contributed by atoms with Gasteiger partial charge in [0.2, 0.25) is 5.16 Å². The molecule has 1 heterocycles. The Kier molecular flexibility index (Phi) is 5.15. The number of hydrogen-bond donors (Lipinski definition) is 0. The molecule has 0 amide bonds. The van der Waals surface area contributed by atoms with E-state index in [0.717, 1.165) is 10.0 Å². The monoisotopic (exact) mass is 385 g/mol. The van der Waals surface area contributed by atoms with Crippen molar-refractivity contribution in [3.63, 3.8) is 0 Å². The number of carbonyl (C=O) groups excluding carboxylic acids is 1. The van der Waals surface area contributed by atoms with Gasteiger partial charge in [0.1, 0.15) is 5.69 Å². The second-order valence-corrected chi connectivity index (χ2v) is 6.57. The van der Waals surface area contributed by atoms with Crippen LogP contribution in [0.1, 0.15) is 10.4 Å². The van der Waals surface area contributed by atoms with E-state index in [0.29, 0.717) is 16.4 Å². The summed E-state index contributed by atoms with van der Waals surface area (Å²) in [6, 6.07) is 17.0. The van der Waals surface area contributed by atoms with Crippen LogP contribution in [0.5, 0.6) is 0 Å². The summed E-state index contributed by atoms with van der Waals surface area (Å²) in [5.41, 5.74) is 2.36. The maximum absolute atomic E-state index is 12.1. The average Bonchev–Trinajstić information content (AvgIpc) is 2.61. The van der Waals surface area contributed by atoms with Crippen molar-refractivity contribution in [1.82, 2.24) is 15.2 Å². The van der Waals surface area contributed by atoms with Crippen LogP contribution >= 0.6 is 27.7 Å². The van der Waals surface area contributed by atoms with Crippen LogP contribution in [-0.2, 0) is 0 Å². The zero-order chi connectivity index (χ0) is 16.1. The van der Waals surface area contributed by atoms with E-state index in [4.69, 9.17) is 0 Å². The van der Waals surface area contributed by atoms with E-state index in [2.05, 4.69) is 31.1 Å². The molecular weight excluding hydrogens is 374 g/mol. The number of carbonyl (C=O) groups is 1. The van der Waals surface area contributed by atoms with Gasteiger partial charge in [-0.1, -0.05) is 70.2 Å². The third-order valence-corrected chi connectivity index (χ3v) is 4.49. The van der Waals surface area contributed by atoms with Crippen molar-refractivity contribution in [2.75, 3.05) is 5.75 Å². The number of benzene rings is 2. The number of aromatic nitrogens is 3. The molecule has 0 unspecified atom stereocenters. The lowest BCUT2D eigenvalue weighted by Crippen LogP contribution is -2.03. The van der Waals surface area contributed by atoms with Crippen LogP contribution in [0.25, 0.3) is 11.3 Å². The van der Waals surface area contributed by atoms with Gasteiger partial charge in [-0.05, 0) is 12.1 Å². The number of Topliss-reactive ketones (excluding diaryl/α,β-unsaturated/α-hetero) is 1. The highest BCUT2D eigenvalue weighted by atomic mass is 79.9. The Morgan fingerprint density at radius 3 is 2.39 bits per heavy atom. The summed E-state index contributed by atoms with van der Waals surface area (Å²) in [7, 11) is 0. The predicted octanol–water partition coefficient (Wildman–Crippen LogP) is 4.28. The molecule has 0 aliphatic rings. The van der Waals surface area contributed by atoms with Crippen LogP contribution in [0.4, 0.5) is 0 Å². The van der Waals surface area contributed by atoms with Crippen LogP contribution in [0.3, 0.4) is 0 Å². The minimum Gasteiger partial charge on any atom is -0.293 e. The van der Waals surface area contributed by atoms with Gasteiger partial charge < -0.3 is 0 Å². The summed E-state index contributed by atoms with van der Waals surface area (Å²) in [4.78, 5) is 16.4. The molecule has 0 aliphatic heterocycles. The van der Waals surface area contributed by atoms with Crippen LogP contribution in [-0.4, -0.2) is 26.7 Å². The highest BCUT2D eigenvalue weighted by Crippen LogP contribution is 2.18. The number of hydrogen-bond acceptors (Lipinski definition) is 5. The summed E-state index contributed by atoms with van der Waals surface area (Å²) in [5.74, 6) is 0.326. The largest absolute Gasteiger partial charge is 0.293 e. The SMILES string of the molecule is O=C(CSc1ncc(-c2ccccc2)nn1)c1ccc(Br)cc1. The van der Waals surface area contributed by atoms with Gasteiger partial charge in [-0.2, -0.15) is 0 Å². The van der Waals surface area contributed by atoms with E-state index < -0.39 is 0 Å². The highest BCUT2D eigenvalue weighted by Gasteiger charge is 2.09. The summed E-state index contributed by atoms with van der Waals surface area (Å²) in [6.07, 6.45) is 1.68. The van der Waals surface area contributed by atoms with Gasteiger partial charge in [-0.15, -0.1) is 10.2 Å². The Labute approximate surface area is 146 Å². The lowest BCUT2D eigenvalue weighted by atomic mass is 10.2. The highest BCUT2D eigenvalue weighted by molar-refractivity contribution is 9.10. The maximum Gasteiger partial charge on any atom is 0.209 e. The van der Waals surface area contributed by atoms with Gasteiger partial charge in [0, 0.05) is 15.6 Å². The second kappa shape index (κ2) is 7.48. The fraction of sp³-hybridized carbons (Fsp3) is 0.0588. The second-order valence-electron chi connectivity index (χ2n) is 4.71. The molecule has 0 saturated heterocycles. The molecule has 0 saturated carbocycles. The van der Waals surface area contributed by atoms with E-state index in [1.807, 2.05) is 42.5 Å². The number of nitrogens with zero attached hydrogens (tertiary/aromatic N) is 3. The Morgan fingerprint density at radius 1 is 1.00 bits per heavy atom. The van der Waals surface area contributed by atoms with E-state index in [1.165, 1.54) is 11.8 Å². The number of ketones is 1. The lowest BCUT2D eigenvalue weighted by Gasteiger charge is -2.02. The molecule has 0 bridgehead atoms. The molecule has 0 radical (unpaired) electrons. The summed E-state index contributed by atoms with van der Waals surface area (Å²) < 4.78 is 0.950. The van der Waals surface area contributed by atoms with Gasteiger partial charge in [-0.3, -0.25) is 4.79 Å². The molecule has 3 rings (SSSR count). The van der Waals surface area contributed by atoms with E-state index in [9.17, 15) is 4.79 Å². The third kappa shape index (κ3) is 4.24. The Balaban J connectivity index is 1.62. The van der Waals surface area contributed by atoms with Crippen LogP contribution in [0.15, 0.2) is 70.4 Å². The first-order valence-electron chi connectivity index (χ1n) is 6.89. The zero-order valence-corrected chi connectivity index (χ0v) is 14.4. The minimum absolute atomic E-state index is 0.0400. The van der Waals surface area contributed by atoms with Crippen molar-refractivity contribution in [2.45, 2.75) is 5.16 Å². The van der Waals surface area contributed by atoms with E-state index >= 15 is 0 Å². The molecule has 2 aromatic carbocycles. The first kappa shape index (κ1) is 15.8. The number of rotatable bonds is 5. The molecule has 114 valence electrons. The molecule has 0 aliphatic carbocycles. The summed E-state index contributed by atoms with van der Waals surface area (Å²) >= 11 is 4.64. The zero-order valence-electron chi connectivity index (χ0n) is 12.0. The fourth-order valence-corrected chi connectivity index (χ4v) is 2.84. The normalized spacial score (nSPS) is 10.5. The smallest absolute Gasteiger partial charge is 0.209 e. The molecule has 4 nitrogen and oxygen atoms in total. The molecule has 0 spiro atoms. The predicted molar refractivity (Wildman–Crippen MR) is 94.5 cm³/mol. The molecule has 0 N–H and O–H groups in total. The van der Waals surface area contributed by atoms with Crippen molar-refractivity contribution >= 4 is 33.5 Å². The standard InChI is InChI=1S/C17H12BrN3OS/c18-14-8-6-13(7-9-14)16(22)11-23-17-19-10-15(20-21-17)12-4-2-1-3-5-12/h1-10H,11H2. The van der Waals surface area contributed by atoms with Crippen molar-refractivity contribution < 1.29 is 4.79 Å². The van der Waals surface area contributed by atoms with Crippen LogP contribution < -0.4 is 0 Å². The van der Waals surface area contributed by atoms with Gasteiger partial charge >= 0.3 is 0 Å². The van der Waals surface area contributed by atoms with E-state index in [-0.39, 0.29) is 11.5 Å². The first-order chi connectivity index (χ1) is 11.2. The summed E-state index contributed by atoms with van der Waals surface area (Å²) in [6.45, 7) is 0. The average molecular weight is 386 g/mol. The number of halogens is 1. The fourth-order valence-electron chi connectivity index (χ4n) is 1.92. The molecule has 6 heteroatoms. The Morgan fingerprint density at radius 2 is 1.74 bits per heavy atom. The molecular formula is C17H12BrN3OS. The lowest BCUT2D eigenvalue weighted by molar-refractivity contribution is 0.102. The van der Waals surface area contributed by atoms with E-state index in [1.54, 1.807) is 18.3 Å². The van der Waals surface area contributed by atoms with Crippen molar-refractivity contribution in [1.29, 1.82) is 0 Å². The molecule has 23 heavy (non-hydrogen) atoms. The quantitative estimate of drug-likeness (QED) is 0.484. The van der Waals surface area contributed by atoms with Crippen molar-refractivity contribution in [3.05, 3.63) is 70.8 Å². The van der Waals surface area contributed by atoms with Gasteiger partial charge in [0.15, 0.2) is 5.78 Å². The maximum atomic E-state index is 12.1. The van der Waals surface area contributed by atoms with Crippen LogP contribution in [0.2, 0.25) is 0 Å². The van der Waals surface area contributed by atoms with Crippen LogP contribution in [0, 0.1) is 0 Å². The Bertz CT molecular complexity index is 792. The van der Waals surface area contributed by atoms with Crippen molar-refractivity contribution in [2.24, 2.45) is 0 Å². The van der Waals surface area contributed by atoms with Gasteiger partial charge in [-0.25, -0.2) is 4.98 Å². The molecule has 0 atom stereocenters. The van der Waals surface area contributed by atoms with Crippen molar-refractivity contribution in [3.8, 4) is 11.3 Å². The first-order valence-corrected chi connectivity index (χ1v) is 8.67. The van der Waals surface area contributed by atoms with Gasteiger partial charge in [0.25, 0.3) is 0 Å². The topological polar surface area (TPSA) is 55.7 Å². The summed E-state index contributed by atoms with van der Waals surface area (Å²) in [5, 5.41) is 8.73. The third-order valence-electron chi connectivity index (χ3n) is 3.11. The number of thioether (sulfide) groups is 1. The Hall–Kier alpha value is -2.05. The molecule has 3 aromatic rings. The molecule has 1 aromatic heterocycles.